The van der Waals surface area contributed by atoms with Crippen molar-refractivity contribution in [3.63, 3.8) is 0 Å². The summed E-state index contributed by atoms with van der Waals surface area (Å²) in [5, 5.41) is 3.04. The highest BCUT2D eigenvalue weighted by Crippen LogP contribution is 2.24. The van der Waals surface area contributed by atoms with E-state index in [2.05, 4.69) is 53.7 Å². The summed E-state index contributed by atoms with van der Waals surface area (Å²) < 4.78 is 0. The lowest BCUT2D eigenvalue weighted by molar-refractivity contribution is -0.122. The van der Waals surface area contributed by atoms with Crippen LogP contribution in [0.15, 0.2) is 54.6 Å². The van der Waals surface area contributed by atoms with Gasteiger partial charge in [-0.05, 0) is 36.6 Å². The fourth-order valence-corrected chi connectivity index (χ4v) is 3.55. The molecule has 0 spiro atoms. The smallest absolute Gasteiger partial charge is 0.221 e. The maximum Gasteiger partial charge on any atom is 0.221 e. The van der Waals surface area contributed by atoms with Crippen LogP contribution in [0.4, 0.5) is 0 Å². The number of nitrogens with two attached hydrogens (primary N) is 1. The SMILES string of the molecule is CN1[C@@H](CN)CC[C@H]1CC(=O)NCc1ccc(-c2ccccc2)cc1. The monoisotopic (exact) mass is 337 g/mol. The summed E-state index contributed by atoms with van der Waals surface area (Å²) in [6.45, 7) is 1.24. The van der Waals surface area contributed by atoms with Gasteiger partial charge >= 0.3 is 0 Å². The Bertz CT molecular complexity index is 684. The number of rotatable bonds is 6. The predicted molar refractivity (Wildman–Crippen MR) is 102 cm³/mol. The van der Waals surface area contributed by atoms with Gasteiger partial charge in [-0.25, -0.2) is 0 Å². The Labute approximate surface area is 150 Å². The van der Waals surface area contributed by atoms with E-state index < -0.39 is 0 Å². The van der Waals surface area contributed by atoms with Crippen LogP contribution in [0.1, 0.15) is 24.8 Å². The van der Waals surface area contributed by atoms with E-state index >= 15 is 0 Å². The molecule has 0 unspecified atom stereocenters. The number of carbonyl (C=O) groups excluding carboxylic acids is 1. The molecular formula is C21H27N3O. The molecule has 132 valence electrons. The standard InChI is InChI=1S/C21H27N3O/c1-24-19(11-12-20(24)14-22)13-21(25)23-15-16-7-9-18(10-8-16)17-5-3-2-4-6-17/h2-10,19-20H,11-15,22H2,1H3,(H,23,25)/t19-,20+/m0/s1. The Hall–Kier alpha value is -2.17. The summed E-state index contributed by atoms with van der Waals surface area (Å²) in [7, 11) is 2.07. The summed E-state index contributed by atoms with van der Waals surface area (Å²) in [5.41, 5.74) is 9.28. The number of likely N-dealkylation sites (N-methyl/N-ethyl adjacent to an activating group) is 1. The summed E-state index contributed by atoms with van der Waals surface area (Å²) in [4.78, 5) is 14.5. The third-order valence-electron chi connectivity index (χ3n) is 5.23. The molecule has 1 aliphatic rings. The zero-order chi connectivity index (χ0) is 17.6. The maximum atomic E-state index is 12.2. The van der Waals surface area contributed by atoms with E-state index in [4.69, 9.17) is 5.73 Å². The fourth-order valence-electron chi connectivity index (χ4n) is 3.55. The van der Waals surface area contributed by atoms with E-state index in [-0.39, 0.29) is 5.91 Å². The lowest BCUT2D eigenvalue weighted by atomic mass is 10.0. The average molecular weight is 337 g/mol. The summed E-state index contributed by atoms with van der Waals surface area (Å²) in [6, 6.07) is 19.4. The lowest BCUT2D eigenvalue weighted by Gasteiger charge is -2.24. The van der Waals surface area contributed by atoms with Crippen LogP contribution in [-0.4, -0.2) is 36.5 Å². The molecule has 0 radical (unpaired) electrons. The highest BCUT2D eigenvalue weighted by Gasteiger charge is 2.30. The molecule has 2 aromatic rings. The molecule has 25 heavy (non-hydrogen) atoms. The minimum Gasteiger partial charge on any atom is -0.352 e. The Morgan fingerprint density at radius 1 is 1.04 bits per heavy atom. The number of nitrogens with one attached hydrogen (secondary N) is 1. The van der Waals surface area contributed by atoms with Crippen LogP contribution < -0.4 is 11.1 Å². The molecule has 0 aliphatic carbocycles. The van der Waals surface area contributed by atoms with Crippen molar-refractivity contribution in [1.29, 1.82) is 0 Å². The zero-order valence-corrected chi connectivity index (χ0v) is 14.8. The molecule has 1 saturated heterocycles. The van der Waals surface area contributed by atoms with E-state index in [0.717, 1.165) is 18.4 Å². The van der Waals surface area contributed by atoms with Gasteiger partial charge in [-0.1, -0.05) is 54.6 Å². The summed E-state index contributed by atoms with van der Waals surface area (Å²) in [6.07, 6.45) is 2.69. The van der Waals surface area contributed by atoms with Crippen molar-refractivity contribution in [3.05, 3.63) is 60.2 Å². The zero-order valence-electron chi connectivity index (χ0n) is 14.8. The fraction of sp³-hybridized carbons (Fsp3) is 0.381. The van der Waals surface area contributed by atoms with Crippen molar-refractivity contribution in [1.82, 2.24) is 10.2 Å². The summed E-state index contributed by atoms with van der Waals surface area (Å²) in [5.74, 6) is 0.113. The molecule has 1 fully saturated rings. The number of hydrogen-bond acceptors (Lipinski definition) is 3. The van der Waals surface area contributed by atoms with Gasteiger partial charge in [0.05, 0.1) is 0 Å². The van der Waals surface area contributed by atoms with Crippen molar-refractivity contribution in [3.8, 4) is 11.1 Å². The minimum absolute atomic E-state index is 0.113. The van der Waals surface area contributed by atoms with Gasteiger partial charge in [-0.2, -0.15) is 0 Å². The molecule has 4 nitrogen and oxygen atoms in total. The van der Waals surface area contributed by atoms with Gasteiger partial charge in [0, 0.05) is 31.6 Å². The number of nitrogens with zero attached hydrogens (tertiary/aromatic N) is 1. The topological polar surface area (TPSA) is 58.4 Å². The van der Waals surface area contributed by atoms with Crippen LogP contribution in [-0.2, 0) is 11.3 Å². The molecule has 0 bridgehead atoms. The second-order valence-corrected chi connectivity index (χ2v) is 6.83. The lowest BCUT2D eigenvalue weighted by Crippen LogP contribution is -2.39. The highest BCUT2D eigenvalue weighted by atomic mass is 16.1. The average Bonchev–Trinajstić information content (AvgIpc) is 3.01. The predicted octanol–water partition coefficient (Wildman–Crippen LogP) is 2.78. The van der Waals surface area contributed by atoms with Crippen LogP contribution in [0.5, 0.6) is 0 Å². The van der Waals surface area contributed by atoms with Crippen LogP contribution in [0, 0.1) is 0 Å². The van der Waals surface area contributed by atoms with Crippen LogP contribution in [0.2, 0.25) is 0 Å². The first-order chi connectivity index (χ1) is 12.2. The Balaban J connectivity index is 1.49. The minimum atomic E-state index is 0.113. The van der Waals surface area contributed by atoms with Gasteiger partial charge < -0.3 is 11.1 Å². The number of hydrogen-bond donors (Lipinski definition) is 2. The molecule has 3 N–H and O–H groups in total. The third kappa shape index (κ3) is 4.47. The molecule has 1 aliphatic heterocycles. The quantitative estimate of drug-likeness (QED) is 0.852. The van der Waals surface area contributed by atoms with Crippen LogP contribution in [0.25, 0.3) is 11.1 Å². The third-order valence-corrected chi connectivity index (χ3v) is 5.23. The van der Waals surface area contributed by atoms with E-state index in [1.165, 1.54) is 11.1 Å². The van der Waals surface area contributed by atoms with E-state index in [0.29, 0.717) is 31.6 Å². The first kappa shape index (κ1) is 17.6. The molecule has 3 rings (SSSR count). The number of benzene rings is 2. The Kier molecular flexibility index (Phi) is 5.84. The molecule has 2 aromatic carbocycles. The van der Waals surface area contributed by atoms with E-state index in [9.17, 15) is 4.79 Å². The molecule has 0 aromatic heterocycles. The number of likely N-dealkylation sites (tertiary alicyclic amines) is 1. The molecule has 2 atom stereocenters. The van der Waals surface area contributed by atoms with Crippen LogP contribution in [0.3, 0.4) is 0 Å². The van der Waals surface area contributed by atoms with Gasteiger partial charge in [0.1, 0.15) is 0 Å². The first-order valence-electron chi connectivity index (χ1n) is 9.00. The Morgan fingerprint density at radius 3 is 2.32 bits per heavy atom. The number of amides is 1. The van der Waals surface area contributed by atoms with Crippen molar-refractivity contribution in [2.45, 2.75) is 37.9 Å². The van der Waals surface area contributed by atoms with Gasteiger partial charge in [0.15, 0.2) is 0 Å². The molecule has 1 heterocycles. The van der Waals surface area contributed by atoms with E-state index in [1.807, 2.05) is 18.2 Å². The molecule has 0 saturated carbocycles. The van der Waals surface area contributed by atoms with Crippen LogP contribution >= 0.6 is 0 Å². The second kappa shape index (κ2) is 8.28. The van der Waals surface area contributed by atoms with Crippen molar-refractivity contribution in [2.24, 2.45) is 5.73 Å². The second-order valence-electron chi connectivity index (χ2n) is 6.83. The molecule has 1 amide bonds. The number of carbonyl (C=O) groups is 1. The highest BCUT2D eigenvalue weighted by molar-refractivity contribution is 5.76. The van der Waals surface area contributed by atoms with Gasteiger partial charge in [-0.15, -0.1) is 0 Å². The van der Waals surface area contributed by atoms with E-state index in [1.54, 1.807) is 0 Å². The van der Waals surface area contributed by atoms with Gasteiger partial charge in [0.25, 0.3) is 0 Å². The first-order valence-corrected chi connectivity index (χ1v) is 9.00. The molecule has 4 heteroatoms. The summed E-state index contributed by atoms with van der Waals surface area (Å²) >= 11 is 0. The van der Waals surface area contributed by atoms with Gasteiger partial charge in [-0.3, -0.25) is 9.69 Å². The Morgan fingerprint density at radius 2 is 1.68 bits per heavy atom. The van der Waals surface area contributed by atoms with Crippen molar-refractivity contribution in [2.75, 3.05) is 13.6 Å². The normalized spacial score (nSPS) is 20.6. The maximum absolute atomic E-state index is 12.2. The molecular weight excluding hydrogens is 310 g/mol. The van der Waals surface area contributed by atoms with Crippen molar-refractivity contribution < 1.29 is 4.79 Å². The van der Waals surface area contributed by atoms with Gasteiger partial charge in [0.2, 0.25) is 5.91 Å². The van der Waals surface area contributed by atoms with Crippen molar-refractivity contribution >= 4 is 5.91 Å². The largest absolute Gasteiger partial charge is 0.352 e.